The molecule has 2 aliphatic rings. The minimum absolute atomic E-state index is 0.0380. The Morgan fingerprint density at radius 1 is 1.39 bits per heavy atom. The molecule has 0 unspecified atom stereocenters. The molecule has 4 heterocycles. The molecule has 1 saturated heterocycles. The molecule has 0 atom stereocenters. The van der Waals surface area contributed by atoms with E-state index in [1.54, 1.807) is 0 Å². The third-order valence-electron chi connectivity index (χ3n) is 5.23. The van der Waals surface area contributed by atoms with E-state index in [4.69, 9.17) is 10.5 Å². The standard InChI is InChI=1S/C17H17FN8O2/c18-9-5-21-15-12(13(19)27)14(25-26(15)7-9)24-11-6-20-8-22-16(11)28-10-3-17(4-10)1-2-23-17/h5-8,10,23H,1-4H2,(H2,19,27)(H,24,25). The van der Waals surface area contributed by atoms with Gasteiger partial charge in [-0.15, -0.1) is 5.10 Å². The predicted octanol–water partition coefficient (Wildman–Crippen LogP) is 0.774. The molecular formula is C17H17FN8O2. The second kappa shape index (κ2) is 6.09. The van der Waals surface area contributed by atoms with Gasteiger partial charge in [0.1, 0.15) is 23.7 Å². The lowest BCUT2D eigenvalue weighted by molar-refractivity contribution is -0.0204. The molecule has 144 valence electrons. The molecule has 2 fully saturated rings. The topological polar surface area (TPSA) is 132 Å². The number of nitrogens with one attached hydrogen (secondary N) is 2. The van der Waals surface area contributed by atoms with Gasteiger partial charge < -0.3 is 21.1 Å². The number of ether oxygens (including phenoxy) is 1. The number of carbonyl (C=O) groups is 1. The van der Waals surface area contributed by atoms with Crippen LogP contribution < -0.4 is 21.1 Å². The summed E-state index contributed by atoms with van der Waals surface area (Å²) in [6.45, 7) is 1.05. The predicted molar refractivity (Wildman–Crippen MR) is 95.8 cm³/mol. The average Bonchev–Trinajstić information content (AvgIpc) is 2.94. The van der Waals surface area contributed by atoms with E-state index in [1.807, 2.05) is 0 Å². The van der Waals surface area contributed by atoms with E-state index in [9.17, 15) is 9.18 Å². The first-order chi connectivity index (χ1) is 13.5. The van der Waals surface area contributed by atoms with E-state index >= 15 is 0 Å². The highest BCUT2D eigenvalue weighted by Crippen LogP contribution is 2.42. The molecule has 3 aromatic heterocycles. The van der Waals surface area contributed by atoms with Crippen molar-refractivity contribution in [1.82, 2.24) is 29.9 Å². The molecule has 1 spiro atoms. The number of nitrogens with zero attached hydrogens (tertiary/aromatic N) is 5. The number of hydrogen-bond acceptors (Lipinski definition) is 8. The van der Waals surface area contributed by atoms with Crippen molar-refractivity contribution < 1.29 is 13.9 Å². The number of carbonyl (C=O) groups excluding carboxylic acids is 1. The van der Waals surface area contributed by atoms with Crippen LogP contribution in [0.25, 0.3) is 5.65 Å². The van der Waals surface area contributed by atoms with Crippen LogP contribution in [0.1, 0.15) is 29.6 Å². The number of aromatic nitrogens is 5. The maximum atomic E-state index is 13.5. The van der Waals surface area contributed by atoms with Gasteiger partial charge in [-0.3, -0.25) is 4.79 Å². The molecule has 0 bridgehead atoms. The van der Waals surface area contributed by atoms with Gasteiger partial charge >= 0.3 is 0 Å². The Bertz CT molecular complexity index is 1070. The van der Waals surface area contributed by atoms with Gasteiger partial charge in [0.15, 0.2) is 17.3 Å². The number of anilines is 2. The molecule has 4 N–H and O–H groups in total. The lowest BCUT2D eigenvalue weighted by atomic mass is 9.68. The summed E-state index contributed by atoms with van der Waals surface area (Å²) in [6, 6.07) is 0. The maximum Gasteiger partial charge on any atom is 0.256 e. The number of fused-ring (bicyclic) bond motifs is 1. The zero-order valence-electron chi connectivity index (χ0n) is 14.7. The van der Waals surface area contributed by atoms with Gasteiger partial charge in [-0.1, -0.05) is 0 Å². The number of nitrogens with two attached hydrogens (primary N) is 1. The van der Waals surface area contributed by atoms with Crippen LogP contribution in [-0.2, 0) is 0 Å². The molecule has 11 heteroatoms. The van der Waals surface area contributed by atoms with Gasteiger partial charge in [-0.25, -0.2) is 18.9 Å². The number of amides is 1. The second-order valence-electron chi connectivity index (χ2n) is 7.10. The largest absolute Gasteiger partial charge is 0.473 e. The summed E-state index contributed by atoms with van der Waals surface area (Å²) in [6.07, 6.45) is 8.05. The molecule has 1 aliphatic heterocycles. The number of primary amides is 1. The summed E-state index contributed by atoms with van der Waals surface area (Å²) in [5.41, 5.74) is 6.32. The quantitative estimate of drug-likeness (QED) is 0.588. The van der Waals surface area contributed by atoms with Crippen molar-refractivity contribution in [1.29, 1.82) is 0 Å². The molecule has 1 aliphatic carbocycles. The molecule has 0 radical (unpaired) electrons. The third-order valence-corrected chi connectivity index (χ3v) is 5.23. The summed E-state index contributed by atoms with van der Waals surface area (Å²) in [7, 11) is 0. The Labute approximate surface area is 158 Å². The van der Waals surface area contributed by atoms with E-state index < -0.39 is 11.7 Å². The van der Waals surface area contributed by atoms with Gasteiger partial charge in [0.25, 0.3) is 5.91 Å². The lowest BCUT2D eigenvalue weighted by Crippen LogP contribution is -2.67. The SMILES string of the molecule is NC(=O)c1c(Nc2cncnc2OC2CC3(CCN3)C2)nn2cc(F)cnc12. The van der Waals surface area contributed by atoms with E-state index in [0.29, 0.717) is 11.6 Å². The van der Waals surface area contributed by atoms with Crippen molar-refractivity contribution in [2.75, 3.05) is 11.9 Å². The zero-order valence-corrected chi connectivity index (χ0v) is 14.7. The van der Waals surface area contributed by atoms with Crippen LogP contribution in [0.15, 0.2) is 24.9 Å². The highest BCUT2D eigenvalue weighted by atomic mass is 19.1. The normalized spacial score (nSPS) is 23.2. The van der Waals surface area contributed by atoms with Gasteiger partial charge in [-0.2, -0.15) is 4.98 Å². The highest BCUT2D eigenvalue weighted by molar-refractivity contribution is 6.04. The van der Waals surface area contributed by atoms with Crippen molar-refractivity contribution in [3.8, 4) is 5.88 Å². The summed E-state index contributed by atoms with van der Waals surface area (Å²) < 4.78 is 20.6. The van der Waals surface area contributed by atoms with Gasteiger partial charge in [0.2, 0.25) is 5.88 Å². The Hall–Kier alpha value is -3.34. The molecule has 28 heavy (non-hydrogen) atoms. The van der Waals surface area contributed by atoms with Crippen molar-refractivity contribution in [3.63, 3.8) is 0 Å². The second-order valence-corrected chi connectivity index (χ2v) is 7.10. The minimum Gasteiger partial charge on any atom is -0.473 e. The summed E-state index contributed by atoms with van der Waals surface area (Å²) in [4.78, 5) is 24.0. The van der Waals surface area contributed by atoms with E-state index in [2.05, 4.69) is 30.7 Å². The van der Waals surface area contributed by atoms with Crippen LogP contribution in [0.3, 0.4) is 0 Å². The Morgan fingerprint density at radius 3 is 2.93 bits per heavy atom. The van der Waals surface area contributed by atoms with Crippen LogP contribution in [0.5, 0.6) is 5.88 Å². The van der Waals surface area contributed by atoms with Crippen LogP contribution in [0.2, 0.25) is 0 Å². The fraction of sp³-hybridized carbons (Fsp3) is 0.353. The zero-order chi connectivity index (χ0) is 19.3. The van der Waals surface area contributed by atoms with Crippen LogP contribution >= 0.6 is 0 Å². The van der Waals surface area contributed by atoms with E-state index in [1.165, 1.54) is 12.5 Å². The van der Waals surface area contributed by atoms with Crippen molar-refractivity contribution >= 4 is 23.1 Å². The van der Waals surface area contributed by atoms with Crippen LogP contribution in [0, 0.1) is 5.82 Å². The van der Waals surface area contributed by atoms with Crippen LogP contribution in [-0.4, -0.2) is 48.7 Å². The third kappa shape index (κ3) is 2.71. The fourth-order valence-corrected chi connectivity index (χ4v) is 3.73. The van der Waals surface area contributed by atoms with Crippen molar-refractivity contribution in [2.24, 2.45) is 5.73 Å². The molecule has 0 aromatic carbocycles. The molecule has 3 aromatic rings. The molecular weight excluding hydrogens is 367 g/mol. The van der Waals surface area contributed by atoms with Crippen molar-refractivity contribution in [2.45, 2.75) is 30.9 Å². The smallest absolute Gasteiger partial charge is 0.256 e. The first-order valence-corrected chi connectivity index (χ1v) is 8.85. The number of rotatable bonds is 5. The van der Waals surface area contributed by atoms with E-state index in [-0.39, 0.29) is 28.7 Å². The average molecular weight is 384 g/mol. The summed E-state index contributed by atoms with van der Waals surface area (Å²) >= 11 is 0. The van der Waals surface area contributed by atoms with E-state index in [0.717, 1.165) is 42.7 Å². The molecule has 1 saturated carbocycles. The Balaban J connectivity index is 1.43. The number of hydrogen-bond donors (Lipinski definition) is 3. The maximum absolute atomic E-state index is 13.5. The fourth-order valence-electron chi connectivity index (χ4n) is 3.73. The monoisotopic (exact) mass is 384 g/mol. The summed E-state index contributed by atoms with van der Waals surface area (Å²) in [5.74, 6) is -0.863. The van der Waals surface area contributed by atoms with Crippen LogP contribution in [0.4, 0.5) is 15.9 Å². The Kier molecular flexibility index (Phi) is 3.66. The minimum atomic E-state index is -0.743. The first kappa shape index (κ1) is 16.8. The van der Waals surface area contributed by atoms with Gasteiger partial charge in [-0.05, 0) is 13.0 Å². The first-order valence-electron chi connectivity index (χ1n) is 8.85. The summed E-state index contributed by atoms with van der Waals surface area (Å²) in [5, 5.41) is 10.6. The van der Waals surface area contributed by atoms with Crippen molar-refractivity contribution in [3.05, 3.63) is 36.3 Å². The molecule has 5 rings (SSSR count). The lowest BCUT2D eigenvalue weighted by Gasteiger charge is -2.54. The van der Waals surface area contributed by atoms with Gasteiger partial charge in [0, 0.05) is 18.4 Å². The molecule has 1 amide bonds. The molecule has 10 nitrogen and oxygen atoms in total. The van der Waals surface area contributed by atoms with Gasteiger partial charge in [0.05, 0.1) is 18.6 Å². The highest BCUT2D eigenvalue weighted by Gasteiger charge is 2.49. The Morgan fingerprint density at radius 2 is 2.21 bits per heavy atom. The number of halogens is 1.